The van der Waals surface area contributed by atoms with Crippen LogP contribution >= 0.6 is 0 Å². The molecule has 2 atom stereocenters. The zero-order valence-electron chi connectivity index (χ0n) is 13.1. The van der Waals surface area contributed by atoms with Crippen molar-refractivity contribution in [2.75, 3.05) is 13.2 Å². The molecule has 1 saturated heterocycles. The van der Waals surface area contributed by atoms with Crippen LogP contribution in [0.25, 0.3) is 0 Å². The molecule has 0 amide bonds. The van der Waals surface area contributed by atoms with Crippen LogP contribution in [0.15, 0.2) is 0 Å². The topological polar surface area (TPSA) is 18.5 Å². The Hall–Kier alpha value is -0.520. The Morgan fingerprint density at radius 3 is 2.47 bits per heavy atom. The molecule has 1 fully saturated rings. The normalized spacial score (nSPS) is 23.6. The molecule has 2 nitrogen and oxygen atoms in total. The van der Waals surface area contributed by atoms with Crippen molar-refractivity contribution in [2.24, 2.45) is 10.8 Å². The molecular formula is C17H30O2. The molecule has 0 radical (unpaired) electrons. The molecule has 0 spiro atoms. The lowest BCUT2D eigenvalue weighted by Gasteiger charge is -2.37. The molecular weight excluding hydrogens is 236 g/mol. The fourth-order valence-electron chi connectivity index (χ4n) is 2.30. The standard InChI is InChI=1S/C17H30O2/c1-6-17(5,16(2,3)4)12-8-10-14-19-15-11-7-9-13-18-15/h1,15H,7-14H2,2-5H3. The van der Waals surface area contributed by atoms with Crippen LogP contribution in [0.3, 0.4) is 0 Å². The number of unbranched alkanes of at least 4 members (excludes halogenated alkanes) is 1. The van der Waals surface area contributed by atoms with Gasteiger partial charge < -0.3 is 9.47 Å². The smallest absolute Gasteiger partial charge is 0.157 e. The van der Waals surface area contributed by atoms with Crippen molar-refractivity contribution in [1.29, 1.82) is 0 Å². The van der Waals surface area contributed by atoms with Crippen molar-refractivity contribution >= 4 is 0 Å². The Bertz CT molecular complexity index is 291. The lowest BCUT2D eigenvalue weighted by molar-refractivity contribution is -0.163. The fourth-order valence-corrected chi connectivity index (χ4v) is 2.30. The van der Waals surface area contributed by atoms with E-state index in [4.69, 9.17) is 15.9 Å². The lowest BCUT2D eigenvalue weighted by Crippen LogP contribution is -2.31. The summed E-state index contributed by atoms with van der Waals surface area (Å²) >= 11 is 0. The third kappa shape index (κ3) is 5.16. The molecule has 0 aromatic rings. The molecule has 0 saturated carbocycles. The molecule has 0 aromatic heterocycles. The third-order valence-corrected chi connectivity index (χ3v) is 4.49. The first-order chi connectivity index (χ1) is 8.89. The van der Waals surface area contributed by atoms with Gasteiger partial charge in [0.05, 0.1) is 0 Å². The SMILES string of the molecule is C#CC(C)(CCCCOC1CCCCO1)C(C)(C)C. The summed E-state index contributed by atoms with van der Waals surface area (Å²) in [6.45, 7) is 10.5. The number of rotatable bonds is 6. The van der Waals surface area contributed by atoms with E-state index in [1.807, 2.05) is 0 Å². The summed E-state index contributed by atoms with van der Waals surface area (Å²) in [4.78, 5) is 0. The van der Waals surface area contributed by atoms with Gasteiger partial charge in [-0.2, -0.15) is 0 Å². The van der Waals surface area contributed by atoms with Gasteiger partial charge in [0.25, 0.3) is 0 Å². The minimum absolute atomic E-state index is 0.0334. The van der Waals surface area contributed by atoms with Crippen LogP contribution in [0.1, 0.15) is 66.2 Å². The van der Waals surface area contributed by atoms with Crippen molar-refractivity contribution in [3.8, 4) is 12.3 Å². The van der Waals surface area contributed by atoms with Crippen LogP contribution in [-0.4, -0.2) is 19.5 Å². The first-order valence-corrected chi connectivity index (χ1v) is 7.60. The molecule has 2 unspecified atom stereocenters. The summed E-state index contributed by atoms with van der Waals surface area (Å²) in [5, 5.41) is 0. The van der Waals surface area contributed by atoms with Gasteiger partial charge >= 0.3 is 0 Å². The molecule has 1 aliphatic heterocycles. The van der Waals surface area contributed by atoms with Crippen LogP contribution in [0.4, 0.5) is 0 Å². The third-order valence-electron chi connectivity index (χ3n) is 4.49. The largest absolute Gasteiger partial charge is 0.353 e. The van der Waals surface area contributed by atoms with Gasteiger partial charge in [-0.25, -0.2) is 0 Å². The highest BCUT2D eigenvalue weighted by atomic mass is 16.7. The second-order valence-corrected chi connectivity index (χ2v) is 6.85. The molecule has 1 heterocycles. The lowest BCUT2D eigenvalue weighted by atomic mass is 9.66. The predicted octanol–water partition coefficient (Wildman–Crippen LogP) is 4.39. The number of terminal acetylenes is 1. The van der Waals surface area contributed by atoms with E-state index >= 15 is 0 Å². The second-order valence-electron chi connectivity index (χ2n) is 6.85. The van der Waals surface area contributed by atoms with Crippen molar-refractivity contribution in [3.63, 3.8) is 0 Å². The van der Waals surface area contributed by atoms with Crippen molar-refractivity contribution in [2.45, 2.75) is 72.5 Å². The number of hydrogen-bond donors (Lipinski definition) is 0. The van der Waals surface area contributed by atoms with E-state index in [9.17, 15) is 0 Å². The first kappa shape index (κ1) is 16.5. The summed E-state index contributed by atoms with van der Waals surface area (Å²) in [5.41, 5.74) is 0.115. The van der Waals surface area contributed by atoms with Gasteiger partial charge in [-0.15, -0.1) is 6.42 Å². The monoisotopic (exact) mass is 266 g/mol. The fraction of sp³-hybridized carbons (Fsp3) is 0.882. The first-order valence-electron chi connectivity index (χ1n) is 7.60. The second kappa shape index (κ2) is 7.31. The summed E-state index contributed by atoms with van der Waals surface area (Å²) in [6, 6.07) is 0. The average Bonchev–Trinajstić information content (AvgIpc) is 2.38. The van der Waals surface area contributed by atoms with Gasteiger partial charge in [-0.1, -0.05) is 26.7 Å². The van der Waals surface area contributed by atoms with Gasteiger partial charge in [0.15, 0.2) is 6.29 Å². The molecule has 2 heteroatoms. The van der Waals surface area contributed by atoms with Crippen LogP contribution in [-0.2, 0) is 9.47 Å². The molecule has 0 N–H and O–H groups in total. The van der Waals surface area contributed by atoms with Gasteiger partial charge in [-0.05, 0) is 50.9 Å². The molecule has 1 rings (SSSR count). The minimum Gasteiger partial charge on any atom is -0.353 e. The van der Waals surface area contributed by atoms with E-state index in [1.54, 1.807) is 0 Å². The van der Waals surface area contributed by atoms with Crippen molar-refractivity contribution in [1.82, 2.24) is 0 Å². The Morgan fingerprint density at radius 2 is 1.95 bits per heavy atom. The Kier molecular flexibility index (Phi) is 6.36. The summed E-state index contributed by atoms with van der Waals surface area (Å²) in [5.74, 6) is 2.99. The Balaban J connectivity index is 2.17. The minimum atomic E-state index is -0.0334. The maximum Gasteiger partial charge on any atom is 0.157 e. The molecule has 0 bridgehead atoms. The molecule has 19 heavy (non-hydrogen) atoms. The van der Waals surface area contributed by atoms with Crippen LogP contribution in [0.5, 0.6) is 0 Å². The Labute approximate surface area is 119 Å². The van der Waals surface area contributed by atoms with Crippen molar-refractivity contribution < 1.29 is 9.47 Å². The highest BCUT2D eigenvalue weighted by molar-refractivity contribution is 5.08. The summed E-state index contributed by atoms with van der Waals surface area (Å²) in [6.07, 6.45) is 12.4. The van der Waals surface area contributed by atoms with Crippen molar-refractivity contribution in [3.05, 3.63) is 0 Å². The van der Waals surface area contributed by atoms with Gasteiger partial charge in [0.2, 0.25) is 0 Å². The Morgan fingerprint density at radius 1 is 1.21 bits per heavy atom. The molecule has 1 aliphatic rings. The van der Waals surface area contributed by atoms with E-state index < -0.39 is 0 Å². The van der Waals surface area contributed by atoms with Crippen LogP contribution in [0.2, 0.25) is 0 Å². The zero-order valence-corrected chi connectivity index (χ0v) is 13.1. The van der Waals surface area contributed by atoms with E-state index in [0.29, 0.717) is 0 Å². The molecule has 110 valence electrons. The van der Waals surface area contributed by atoms with Gasteiger partial charge in [-0.3, -0.25) is 0 Å². The highest BCUT2D eigenvalue weighted by Crippen LogP contribution is 2.41. The predicted molar refractivity (Wildman–Crippen MR) is 79.8 cm³/mol. The van der Waals surface area contributed by atoms with Gasteiger partial charge in [0, 0.05) is 18.6 Å². The molecule has 0 aliphatic carbocycles. The highest BCUT2D eigenvalue weighted by Gasteiger charge is 2.34. The maximum atomic E-state index is 5.74. The van der Waals surface area contributed by atoms with E-state index in [2.05, 4.69) is 33.6 Å². The zero-order chi connectivity index (χ0) is 14.4. The van der Waals surface area contributed by atoms with Crippen LogP contribution in [0, 0.1) is 23.2 Å². The summed E-state index contributed by atoms with van der Waals surface area (Å²) in [7, 11) is 0. The summed E-state index contributed by atoms with van der Waals surface area (Å²) < 4.78 is 11.3. The van der Waals surface area contributed by atoms with E-state index in [-0.39, 0.29) is 17.1 Å². The van der Waals surface area contributed by atoms with E-state index in [0.717, 1.165) is 38.9 Å². The van der Waals surface area contributed by atoms with Crippen LogP contribution < -0.4 is 0 Å². The quantitative estimate of drug-likeness (QED) is 0.524. The van der Waals surface area contributed by atoms with E-state index in [1.165, 1.54) is 12.8 Å². The maximum absolute atomic E-state index is 5.74. The number of hydrogen-bond acceptors (Lipinski definition) is 2. The average molecular weight is 266 g/mol. The molecule has 0 aromatic carbocycles. The number of ether oxygens (including phenoxy) is 2. The van der Waals surface area contributed by atoms with Gasteiger partial charge in [0.1, 0.15) is 0 Å².